The second-order valence-corrected chi connectivity index (χ2v) is 5.21. The number of amides is 1. The van der Waals surface area contributed by atoms with Crippen LogP contribution < -0.4 is 5.32 Å². The van der Waals surface area contributed by atoms with Crippen molar-refractivity contribution in [1.29, 1.82) is 0 Å². The number of carbonyl (C=O) groups excluding carboxylic acids is 1. The molecule has 0 spiro atoms. The summed E-state index contributed by atoms with van der Waals surface area (Å²) in [6.45, 7) is 7.49. The zero-order valence-electron chi connectivity index (χ0n) is 11.8. The van der Waals surface area contributed by atoms with Crippen LogP contribution in [0.5, 0.6) is 0 Å². The molecule has 19 heavy (non-hydrogen) atoms. The van der Waals surface area contributed by atoms with Gasteiger partial charge < -0.3 is 10.4 Å². The number of nitrogens with one attached hydrogen (secondary N) is 1. The van der Waals surface area contributed by atoms with Gasteiger partial charge in [-0.1, -0.05) is 32.9 Å². The third kappa shape index (κ3) is 4.09. The van der Waals surface area contributed by atoms with Crippen LogP contribution in [-0.4, -0.2) is 17.0 Å². The van der Waals surface area contributed by atoms with Crippen LogP contribution in [0.3, 0.4) is 0 Å². The summed E-state index contributed by atoms with van der Waals surface area (Å²) in [5.74, 6) is -1.32. The van der Waals surface area contributed by atoms with E-state index in [1.165, 1.54) is 0 Å². The van der Waals surface area contributed by atoms with Gasteiger partial charge in [0.25, 0.3) is 0 Å². The number of hydrogen-bond acceptors (Lipinski definition) is 2. The van der Waals surface area contributed by atoms with Crippen LogP contribution in [0.4, 0.5) is 5.69 Å². The normalized spacial score (nSPS) is 13.9. The van der Waals surface area contributed by atoms with E-state index in [1.54, 1.807) is 31.2 Å². The van der Waals surface area contributed by atoms with Crippen molar-refractivity contribution in [3.05, 3.63) is 29.8 Å². The van der Waals surface area contributed by atoms with E-state index in [9.17, 15) is 9.59 Å². The second kappa shape index (κ2) is 6.36. The molecule has 0 saturated heterocycles. The molecule has 1 rings (SSSR count). The van der Waals surface area contributed by atoms with Crippen LogP contribution >= 0.6 is 0 Å². The summed E-state index contributed by atoms with van der Waals surface area (Å²) in [5, 5.41) is 11.8. The third-order valence-electron chi connectivity index (χ3n) is 3.44. The lowest BCUT2D eigenvalue weighted by Gasteiger charge is -2.16. The topological polar surface area (TPSA) is 66.4 Å². The van der Waals surface area contributed by atoms with Crippen LogP contribution in [0.2, 0.25) is 0 Å². The zero-order chi connectivity index (χ0) is 14.6. The molecule has 2 N–H and O–H groups in total. The van der Waals surface area contributed by atoms with Gasteiger partial charge in [0.05, 0.1) is 5.92 Å². The molecule has 104 valence electrons. The molecule has 0 bridgehead atoms. The van der Waals surface area contributed by atoms with Crippen molar-refractivity contribution in [3.8, 4) is 0 Å². The fourth-order valence-electron chi connectivity index (χ4n) is 1.59. The quantitative estimate of drug-likeness (QED) is 0.857. The summed E-state index contributed by atoms with van der Waals surface area (Å²) in [6.07, 6.45) is 0. The number of anilines is 1. The Bertz CT molecular complexity index is 468. The van der Waals surface area contributed by atoms with Crippen LogP contribution in [0.25, 0.3) is 0 Å². The number of rotatable bonds is 5. The summed E-state index contributed by atoms with van der Waals surface area (Å²) in [7, 11) is 0. The first-order valence-corrected chi connectivity index (χ1v) is 6.46. The number of aliphatic carboxylic acids is 1. The number of carboxylic acid groups (broad SMARTS) is 1. The minimum Gasteiger partial charge on any atom is -0.481 e. The Balaban J connectivity index is 2.83. The highest BCUT2D eigenvalue weighted by molar-refractivity contribution is 5.92. The van der Waals surface area contributed by atoms with Gasteiger partial charge in [0.2, 0.25) is 5.91 Å². The molecule has 2 unspecified atom stereocenters. The molecule has 0 heterocycles. The molecule has 0 aliphatic carbocycles. The van der Waals surface area contributed by atoms with E-state index in [2.05, 4.69) is 5.32 Å². The highest BCUT2D eigenvalue weighted by Gasteiger charge is 2.18. The molecular formula is C15H21NO3. The predicted octanol–water partition coefficient (Wildman–Crippen LogP) is 3.11. The summed E-state index contributed by atoms with van der Waals surface area (Å²) < 4.78 is 0. The number of carbonyl (C=O) groups is 2. The average molecular weight is 263 g/mol. The lowest BCUT2D eigenvalue weighted by Crippen LogP contribution is -2.24. The van der Waals surface area contributed by atoms with Gasteiger partial charge in [-0.15, -0.1) is 0 Å². The van der Waals surface area contributed by atoms with Gasteiger partial charge in [0.15, 0.2) is 0 Å². The van der Waals surface area contributed by atoms with Crippen molar-refractivity contribution < 1.29 is 14.7 Å². The maximum atomic E-state index is 11.9. The Morgan fingerprint density at radius 3 is 2.32 bits per heavy atom. The molecule has 0 fully saturated rings. The first-order chi connectivity index (χ1) is 8.82. The molecular weight excluding hydrogens is 242 g/mol. The van der Waals surface area contributed by atoms with E-state index in [-0.39, 0.29) is 17.7 Å². The fraction of sp³-hybridized carbons (Fsp3) is 0.467. The fourth-order valence-corrected chi connectivity index (χ4v) is 1.59. The number of carboxylic acids is 1. The van der Waals surface area contributed by atoms with Crippen molar-refractivity contribution in [3.63, 3.8) is 0 Å². The van der Waals surface area contributed by atoms with Crippen molar-refractivity contribution in [2.24, 2.45) is 11.8 Å². The lowest BCUT2D eigenvalue weighted by molar-refractivity contribution is -0.138. The maximum Gasteiger partial charge on any atom is 0.310 e. The van der Waals surface area contributed by atoms with E-state index < -0.39 is 11.9 Å². The number of benzene rings is 1. The van der Waals surface area contributed by atoms with Crippen LogP contribution in [0.1, 0.15) is 39.2 Å². The molecule has 4 heteroatoms. The van der Waals surface area contributed by atoms with Crippen molar-refractivity contribution in [1.82, 2.24) is 0 Å². The van der Waals surface area contributed by atoms with Gasteiger partial charge in [0.1, 0.15) is 0 Å². The Morgan fingerprint density at radius 1 is 1.16 bits per heavy atom. The van der Waals surface area contributed by atoms with E-state index >= 15 is 0 Å². The molecule has 4 nitrogen and oxygen atoms in total. The maximum absolute atomic E-state index is 11.9. The van der Waals surface area contributed by atoms with E-state index in [4.69, 9.17) is 5.11 Å². The Morgan fingerprint density at radius 2 is 1.79 bits per heavy atom. The van der Waals surface area contributed by atoms with Gasteiger partial charge in [-0.05, 0) is 30.5 Å². The Labute approximate surface area is 113 Å². The van der Waals surface area contributed by atoms with Gasteiger partial charge in [-0.25, -0.2) is 0 Å². The first-order valence-electron chi connectivity index (χ1n) is 6.46. The molecule has 0 aliphatic heterocycles. The minimum absolute atomic E-state index is 0.0462. The average Bonchev–Trinajstić information content (AvgIpc) is 2.36. The standard InChI is InChI=1S/C15H21NO3/c1-9(2)10(3)14(17)16-13-7-5-6-12(8-13)11(4)15(18)19/h5-11H,1-4H3,(H,16,17)(H,18,19). The summed E-state index contributed by atoms with van der Waals surface area (Å²) >= 11 is 0. The van der Waals surface area contributed by atoms with Gasteiger partial charge in [-0.2, -0.15) is 0 Å². The van der Waals surface area contributed by atoms with Gasteiger partial charge in [0, 0.05) is 11.6 Å². The molecule has 0 aliphatic rings. The molecule has 1 amide bonds. The van der Waals surface area contributed by atoms with Gasteiger partial charge in [-0.3, -0.25) is 9.59 Å². The van der Waals surface area contributed by atoms with E-state index in [0.717, 1.165) is 0 Å². The summed E-state index contributed by atoms with van der Waals surface area (Å²) in [5.41, 5.74) is 1.32. The van der Waals surface area contributed by atoms with Crippen molar-refractivity contribution >= 4 is 17.6 Å². The summed E-state index contributed by atoms with van der Waals surface area (Å²) in [6, 6.07) is 6.98. The molecule has 0 radical (unpaired) electrons. The van der Waals surface area contributed by atoms with Crippen molar-refractivity contribution in [2.45, 2.75) is 33.6 Å². The molecule has 0 aromatic heterocycles. The van der Waals surface area contributed by atoms with Crippen LogP contribution in [0.15, 0.2) is 24.3 Å². The zero-order valence-corrected chi connectivity index (χ0v) is 11.8. The highest BCUT2D eigenvalue weighted by Crippen LogP contribution is 2.20. The van der Waals surface area contributed by atoms with E-state index in [1.807, 2.05) is 20.8 Å². The Hall–Kier alpha value is -1.84. The molecule has 2 atom stereocenters. The Kier molecular flexibility index (Phi) is 5.10. The highest BCUT2D eigenvalue weighted by atomic mass is 16.4. The summed E-state index contributed by atoms with van der Waals surface area (Å²) in [4.78, 5) is 22.9. The van der Waals surface area contributed by atoms with Crippen molar-refractivity contribution in [2.75, 3.05) is 5.32 Å². The van der Waals surface area contributed by atoms with Crippen LogP contribution in [-0.2, 0) is 9.59 Å². The number of hydrogen-bond donors (Lipinski definition) is 2. The smallest absolute Gasteiger partial charge is 0.310 e. The molecule has 1 aromatic carbocycles. The minimum atomic E-state index is -0.876. The second-order valence-electron chi connectivity index (χ2n) is 5.21. The lowest BCUT2D eigenvalue weighted by atomic mass is 9.97. The van der Waals surface area contributed by atoms with E-state index in [0.29, 0.717) is 11.3 Å². The predicted molar refractivity (Wildman–Crippen MR) is 75.1 cm³/mol. The largest absolute Gasteiger partial charge is 0.481 e. The third-order valence-corrected chi connectivity index (χ3v) is 3.44. The molecule has 0 saturated carbocycles. The monoisotopic (exact) mass is 263 g/mol. The SMILES string of the molecule is CC(C(=O)O)c1cccc(NC(=O)C(C)C(C)C)c1. The van der Waals surface area contributed by atoms with Gasteiger partial charge >= 0.3 is 5.97 Å². The molecule has 1 aromatic rings. The first kappa shape index (κ1) is 15.2. The van der Waals surface area contributed by atoms with Crippen LogP contribution in [0, 0.1) is 11.8 Å².